The van der Waals surface area contributed by atoms with Crippen LogP contribution < -0.4 is 10.2 Å². The smallest absolute Gasteiger partial charge is 0.0950 e. The van der Waals surface area contributed by atoms with Crippen LogP contribution in [0.3, 0.4) is 0 Å². The summed E-state index contributed by atoms with van der Waals surface area (Å²) in [6.07, 6.45) is 2.65. The molecule has 1 N–H and O–H groups in total. The standard InChI is InChI=1S/C11H17ClN2S/c1-14(11-5-4-10(12)15-11)8-9-3-2-6-13-7-9/h4-5,9,13H,2-3,6-8H2,1H3. The summed E-state index contributed by atoms with van der Waals surface area (Å²) in [4.78, 5) is 2.31. The number of hydrogen-bond acceptors (Lipinski definition) is 3. The maximum absolute atomic E-state index is 5.93. The van der Waals surface area contributed by atoms with Gasteiger partial charge in [-0.05, 0) is 44.0 Å². The molecule has 1 aliphatic rings. The van der Waals surface area contributed by atoms with Crippen molar-refractivity contribution in [1.29, 1.82) is 0 Å². The summed E-state index contributed by atoms with van der Waals surface area (Å²) in [5, 5.41) is 4.72. The number of piperidine rings is 1. The number of nitrogens with zero attached hydrogens (tertiary/aromatic N) is 1. The minimum absolute atomic E-state index is 0.782. The number of anilines is 1. The number of halogens is 1. The van der Waals surface area contributed by atoms with Crippen LogP contribution in [-0.4, -0.2) is 26.7 Å². The molecule has 1 atom stereocenters. The van der Waals surface area contributed by atoms with Gasteiger partial charge in [0.05, 0.1) is 9.34 Å². The van der Waals surface area contributed by atoms with Gasteiger partial charge >= 0.3 is 0 Å². The molecule has 0 saturated carbocycles. The van der Waals surface area contributed by atoms with Crippen LogP contribution in [0.1, 0.15) is 12.8 Å². The van der Waals surface area contributed by atoms with E-state index in [0.717, 1.165) is 23.3 Å². The molecule has 84 valence electrons. The largest absolute Gasteiger partial charge is 0.366 e. The zero-order valence-corrected chi connectivity index (χ0v) is 10.6. The Hall–Kier alpha value is -0.250. The Labute approximate surface area is 100 Å². The van der Waals surface area contributed by atoms with Gasteiger partial charge in [0.2, 0.25) is 0 Å². The highest BCUT2D eigenvalue weighted by Crippen LogP contribution is 2.29. The average Bonchev–Trinajstić information content (AvgIpc) is 2.66. The Balaban J connectivity index is 1.88. The maximum atomic E-state index is 5.93. The van der Waals surface area contributed by atoms with Gasteiger partial charge < -0.3 is 10.2 Å². The van der Waals surface area contributed by atoms with E-state index in [-0.39, 0.29) is 0 Å². The van der Waals surface area contributed by atoms with E-state index < -0.39 is 0 Å². The summed E-state index contributed by atoms with van der Waals surface area (Å²) in [7, 11) is 2.15. The van der Waals surface area contributed by atoms with Gasteiger partial charge in [-0.25, -0.2) is 0 Å². The third-order valence-corrected chi connectivity index (χ3v) is 4.21. The van der Waals surface area contributed by atoms with Crippen molar-refractivity contribution in [1.82, 2.24) is 5.32 Å². The van der Waals surface area contributed by atoms with Gasteiger partial charge in [-0.1, -0.05) is 11.6 Å². The number of thiophene rings is 1. The van der Waals surface area contributed by atoms with Crippen molar-refractivity contribution in [2.24, 2.45) is 5.92 Å². The molecule has 1 fully saturated rings. The Kier molecular flexibility index (Phi) is 3.89. The molecule has 1 aromatic rings. The van der Waals surface area contributed by atoms with E-state index >= 15 is 0 Å². The Bertz CT molecular complexity index is 307. The van der Waals surface area contributed by atoms with Crippen LogP contribution in [0, 0.1) is 5.92 Å². The quantitative estimate of drug-likeness (QED) is 0.880. The van der Waals surface area contributed by atoms with Crippen LogP contribution in [0.5, 0.6) is 0 Å². The second-order valence-electron chi connectivity index (χ2n) is 4.17. The molecule has 0 bridgehead atoms. The van der Waals surface area contributed by atoms with Gasteiger partial charge in [0.25, 0.3) is 0 Å². The fourth-order valence-electron chi connectivity index (χ4n) is 2.07. The Morgan fingerprint density at radius 3 is 3.07 bits per heavy atom. The molecule has 1 aliphatic heterocycles. The number of rotatable bonds is 3. The maximum Gasteiger partial charge on any atom is 0.0950 e. The Morgan fingerprint density at radius 1 is 1.60 bits per heavy atom. The summed E-state index contributed by atoms with van der Waals surface area (Å²) in [6.45, 7) is 3.47. The second kappa shape index (κ2) is 5.19. The van der Waals surface area contributed by atoms with E-state index in [4.69, 9.17) is 11.6 Å². The molecular formula is C11H17ClN2S. The molecule has 4 heteroatoms. The van der Waals surface area contributed by atoms with Gasteiger partial charge in [0.1, 0.15) is 0 Å². The van der Waals surface area contributed by atoms with Gasteiger partial charge in [0.15, 0.2) is 0 Å². The average molecular weight is 245 g/mol. The minimum atomic E-state index is 0.782. The normalized spacial score (nSPS) is 21.6. The predicted molar refractivity (Wildman–Crippen MR) is 68.2 cm³/mol. The first-order valence-electron chi connectivity index (χ1n) is 5.43. The second-order valence-corrected chi connectivity index (χ2v) is 5.86. The molecule has 0 aromatic carbocycles. The SMILES string of the molecule is CN(CC1CCCNC1)c1ccc(Cl)s1. The van der Waals surface area contributed by atoms with Crippen molar-refractivity contribution in [2.45, 2.75) is 12.8 Å². The van der Waals surface area contributed by atoms with Gasteiger partial charge in [0, 0.05) is 13.6 Å². The minimum Gasteiger partial charge on any atom is -0.366 e. The van der Waals surface area contributed by atoms with Gasteiger partial charge in [-0.15, -0.1) is 11.3 Å². The lowest BCUT2D eigenvalue weighted by molar-refractivity contribution is 0.381. The number of nitrogens with one attached hydrogen (secondary N) is 1. The molecule has 15 heavy (non-hydrogen) atoms. The molecule has 0 spiro atoms. The van der Waals surface area contributed by atoms with E-state index in [9.17, 15) is 0 Å². The molecule has 0 aliphatic carbocycles. The summed E-state index contributed by atoms with van der Waals surface area (Å²) in [5.74, 6) is 0.782. The highest BCUT2D eigenvalue weighted by Gasteiger charge is 2.15. The van der Waals surface area contributed by atoms with Gasteiger partial charge in [-0.2, -0.15) is 0 Å². The van der Waals surface area contributed by atoms with Gasteiger partial charge in [-0.3, -0.25) is 0 Å². The zero-order chi connectivity index (χ0) is 10.7. The molecule has 1 unspecified atom stereocenters. The van der Waals surface area contributed by atoms with E-state index in [1.165, 1.54) is 24.4 Å². The van der Waals surface area contributed by atoms with E-state index in [1.54, 1.807) is 11.3 Å². The third-order valence-electron chi connectivity index (χ3n) is 2.87. The molecule has 1 saturated heterocycles. The summed E-state index contributed by atoms with van der Waals surface area (Å²) >= 11 is 7.58. The van der Waals surface area contributed by atoms with Crippen LogP contribution in [-0.2, 0) is 0 Å². The van der Waals surface area contributed by atoms with E-state index in [0.29, 0.717) is 0 Å². The topological polar surface area (TPSA) is 15.3 Å². The monoisotopic (exact) mass is 244 g/mol. The fourth-order valence-corrected chi connectivity index (χ4v) is 3.07. The van der Waals surface area contributed by atoms with Crippen LogP contribution >= 0.6 is 22.9 Å². The van der Waals surface area contributed by atoms with Crippen LogP contribution in [0.25, 0.3) is 0 Å². The summed E-state index contributed by atoms with van der Waals surface area (Å²) < 4.78 is 0.874. The first kappa shape index (κ1) is 11.2. The number of hydrogen-bond donors (Lipinski definition) is 1. The van der Waals surface area contributed by atoms with Crippen molar-refractivity contribution in [2.75, 3.05) is 31.6 Å². The fraction of sp³-hybridized carbons (Fsp3) is 0.636. The lowest BCUT2D eigenvalue weighted by atomic mass is 9.99. The lowest BCUT2D eigenvalue weighted by Gasteiger charge is -2.27. The molecule has 2 nitrogen and oxygen atoms in total. The van der Waals surface area contributed by atoms with Crippen LogP contribution in [0.4, 0.5) is 5.00 Å². The molecule has 2 heterocycles. The predicted octanol–water partition coefficient (Wildman–Crippen LogP) is 2.84. The molecular weight excluding hydrogens is 228 g/mol. The molecule has 0 amide bonds. The summed E-state index contributed by atoms with van der Waals surface area (Å²) in [5.41, 5.74) is 0. The highest BCUT2D eigenvalue weighted by molar-refractivity contribution is 7.19. The Morgan fingerprint density at radius 2 is 2.47 bits per heavy atom. The van der Waals surface area contributed by atoms with E-state index in [1.807, 2.05) is 6.07 Å². The summed E-state index contributed by atoms with van der Waals surface area (Å²) in [6, 6.07) is 4.07. The van der Waals surface area contributed by atoms with Crippen molar-refractivity contribution in [3.63, 3.8) is 0 Å². The van der Waals surface area contributed by atoms with Crippen molar-refractivity contribution in [3.05, 3.63) is 16.5 Å². The highest BCUT2D eigenvalue weighted by atomic mass is 35.5. The molecule has 2 rings (SSSR count). The first-order chi connectivity index (χ1) is 7.25. The van der Waals surface area contributed by atoms with Crippen molar-refractivity contribution >= 4 is 27.9 Å². The lowest BCUT2D eigenvalue weighted by Crippen LogP contribution is -2.36. The van der Waals surface area contributed by atoms with E-state index in [2.05, 4.69) is 23.3 Å². The van der Waals surface area contributed by atoms with Crippen LogP contribution in [0.15, 0.2) is 12.1 Å². The third kappa shape index (κ3) is 3.10. The molecule has 0 radical (unpaired) electrons. The zero-order valence-electron chi connectivity index (χ0n) is 9.00. The van der Waals surface area contributed by atoms with Crippen molar-refractivity contribution < 1.29 is 0 Å². The van der Waals surface area contributed by atoms with Crippen LogP contribution in [0.2, 0.25) is 4.34 Å². The van der Waals surface area contributed by atoms with Crippen molar-refractivity contribution in [3.8, 4) is 0 Å². The molecule has 1 aromatic heterocycles. The first-order valence-corrected chi connectivity index (χ1v) is 6.62.